The second-order valence-corrected chi connectivity index (χ2v) is 3.92. The summed E-state index contributed by atoms with van der Waals surface area (Å²) < 4.78 is 16.1. The first-order valence-electron chi connectivity index (χ1n) is 5.54. The van der Waals surface area contributed by atoms with E-state index in [-0.39, 0.29) is 18.4 Å². The third kappa shape index (κ3) is 4.18. The van der Waals surface area contributed by atoms with E-state index in [0.29, 0.717) is 19.1 Å². The highest BCUT2D eigenvalue weighted by molar-refractivity contribution is 5.65. The molecule has 4 heteroatoms. The van der Waals surface area contributed by atoms with Crippen molar-refractivity contribution in [2.24, 2.45) is 5.92 Å². The lowest BCUT2D eigenvalue weighted by Crippen LogP contribution is -2.38. The van der Waals surface area contributed by atoms with Crippen LogP contribution in [0.15, 0.2) is 0 Å². The molecule has 1 fully saturated rings. The minimum Gasteiger partial charge on any atom is -0.463 e. The van der Waals surface area contributed by atoms with Crippen LogP contribution in [0.3, 0.4) is 0 Å². The minimum atomic E-state index is -0.260. The lowest BCUT2D eigenvalue weighted by molar-refractivity contribution is -0.217. The van der Waals surface area contributed by atoms with Crippen molar-refractivity contribution in [3.05, 3.63) is 0 Å². The molecule has 0 aromatic rings. The quantitative estimate of drug-likeness (QED) is 0.671. The van der Waals surface area contributed by atoms with Gasteiger partial charge in [0, 0.05) is 13.5 Å². The molecule has 1 aliphatic heterocycles. The van der Waals surface area contributed by atoms with Crippen LogP contribution in [0.4, 0.5) is 0 Å². The molecule has 1 aliphatic rings. The first kappa shape index (κ1) is 12.5. The fourth-order valence-electron chi connectivity index (χ4n) is 1.69. The van der Waals surface area contributed by atoms with Crippen molar-refractivity contribution in [3.8, 4) is 0 Å². The maximum Gasteiger partial charge on any atom is 0.302 e. The summed E-state index contributed by atoms with van der Waals surface area (Å²) in [4.78, 5) is 10.7. The lowest BCUT2D eigenvalue weighted by atomic mass is 9.96. The van der Waals surface area contributed by atoms with Gasteiger partial charge in [-0.3, -0.25) is 4.79 Å². The number of carbonyl (C=O) groups excluding carboxylic acids is 1. The van der Waals surface area contributed by atoms with E-state index in [1.807, 2.05) is 6.92 Å². The second-order valence-electron chi connectivity index (χ2n) is 3.92. The maximum atomic E-state index is 10.7. The summed E-state index contributed by atoms with van der Waals surface area (Å²) in [6.45, 7) is 6.45. The van der Waals surface area contributed by atoms with E-state index >= 15 is 0 Å². The molecule has 4 nitrogen and oxygen atoms in total. The second kappa shape index (κ2) is 6.08. The number of carbonyl (C=O) groups is 1. The molecule has 0 aromatic heterocycles. The maximum absolute atomic E-state index is 10.7. The highest BCUT2D eigenvalue weighted by Crippen LogP contribution is 2.25. The Morgan fingerprint density at radius 3 is 2.80 bits per heavy atom. The minimum absolute atomic E-state index is 0.0285. The van der Waals surface area contributed by atoms with E-state index in [1.54, 1.807) is 0 Å². The summed E-state index contributed by atoms with van der Waals surface area (Å²) in [6.07, 6.45) is 1.81. The Morgan fingerprint density at radius 1 is 1.47 bits per heavy atom. The first-order chi connectivity index (χ1) is 7.13. The van der Waals surface area contributed by atoms with Crippen LogP contribution in [0.2, 0.25) is 0 Å². The fraction of sp³-hybridized carbons (Fsp3) is 0.909. The predicted octanol–water partition coefficient (Wildman–Crippen LogP) is 1.73. The topological polar surface area (TPSA) is 44.8 Å². The summed E-state index contributed by atoms with van der Waals surface area (Å²) in [7, 11) is 0. The predicted molar refractivity (Wildman–Crippen MR) is 55.3 cm³/mol. The zero-order valence-corrected chi connectivity index (χ0v) is 9.69. The molecule has 0 amide bonds. The summed E-state index contributed by atoms with van der Waals surface area (Å²) in [5.74, 6) is 0.158. The van der Waals surface area contributed by atoms with Gasteiger partial charge in [0.25, 0.3) is 0 Å². The fourth-order valence-corrected chi connectivity index (χ4v) is 1.69. The first-order valence-corrected chi connectivity index (χ1v) is 5.54. The summed E-state index contributed by atoms with van der Waals surface area (Å²) >= 11 is 0. The molecule has 1 saturated heterocycles. The van der Waals surface area contributed by atoms with Gasteiger partial charge in [-0.25, -0.2) is 0 Å². The molecule has 1 unspecified atom stereocenters. The Balaban J connectivity index is 2.35. The van der Waals surface area contributed by atoms with Crippen LogP contribution in [-0.2, 0) is 19.0 Å². The van der Waals surface area contributed by atoms with E-state index in [1.165, 1.54) is 6.92 Å². The molecule has 0 saturated carbocycles. The smallest absolute Gasteiger partial charge is 0.302 e. The SMILES string of the molecule is CCOC1CC[C@H](C)[C@@H](COC(C)=O)O1. The van der Waals surface area contributed by atoms with Crippen molar-refractivity contribution >= 4 is 5.97 Å². The molecular formula is C11H20O4. The molecule has 3 atom stereocenters. The van der Waals surface area contributed by atoms with Crippen molar-refractivity contribution in [1.82, 2.24) is 0 Å². The van der Waals surface area contributed by atoms with Crippen LogP contribution in [-0.4, -0.2) is 31.6 Å². The molecule has 0 bridgehead atoms. The van der Waals surface area contributed by atoms with Crippen molar-refractivity contribution in [2.75, 3.05) is 13.2 Å². The number of rotatable bonds is 4. The van der Waals surface area contributed by atoms with Gasteiger partial charge in [0.05, 0.1) is 6.10 Å². The van der Waals surface area contributed by atoms with E-state index < -0.39 is 0 Å². The van der Waals surface area contributed by atoms with Crippen LogP contribution in [0, 0.1) is 5.92 Å². The van der Waals surface area contributed by atoms with Gasteiger partial charge < -0.3 is 14.2 Å². The van der Waals surface area contributed by atoms with Crippen LogP contribution in [0.1, 0.15) is 33.6 Å². The Morgan fingerprint density at radius 2 is 2.20 bits per heavy atom. The normalized spacial score (nSPS) is 31.3. The molecule has 0 N–H and O–H groups in total. The Kier molecular flexibility index (Phi) is 5.05. The molecule has 0 radical (unpaired) electrons. The number of hydrogen-bond acceptors (Lipinski definition) is 4. The highest BCUT2D eigenvalue weighted by Gasteiger charge is 2.29. The van der Waals surface area contributed by atoms with E-state index in [0.717, 1.165) is 12.8 Å². The molecular weight excluding hydrogens is 196 g/mol. The van der Waals surface area contributed by atoms with Gasteiger partial charge in [-0.2, -0.15) is 0 Å². The Labute approximate surface area is 90.9 Å². The van der Waals surface area contributed by atoms with Gasteiger partial charge in [-0.05, 0) is 25.7 Å². The van der Waals surface area contributed by atoms with Crippen LogP contribution in [0.5, 0.6) is 0 Å². The van der Waals surface area contributed by atoms with Gasteiger partial charge in [0.1, 0.15) is 6.61 Å². The largest absolute Gasteiger partial charge is 0.463 e. The van der Waals surface area contributed by atoms with Crippen molar-refractivity contribution in [2.45, 2.75) is 46.0 Å². The molecule has 15 heavy (non-hydrogen) atoms. The zero-order valence-electron chi connectivity index (χ0n) is 9.69. The monoisotopic (exact) mass is 216 g/mol. The summed E-state index contributed by atoms with van der Waals surface area (Å²) in [6, 6.07) is 0. The Bertz CT molecular complexity index is 205. The van der Waals surface area contributed by atoms with Crippen molar-refractivity contribution in [3.63, 3.8) is 0 Å². The molecule has 1 rings (SSSR count). The van der Waals surface area contributed by atoms with Gasteiger partial charge in [-0.1, -0.05) is 6.92 Å². The molecule has 88 valence electrons. The van der Waals surface area contributed by atoms with E-state index in [4.69, 9.17) is 14.2 Å². The van der Waals surface area contributed by atoms with Gasteiger partial charge in [-0.15, -0.1) is 0 Å². The van der Waals surface area contributed by atoms with Crippen LogP contribution in [0.25, 0.3) is 0 Å². The summed E-state index contributed by atoms with van der Waals surface area (Å²) in [5.41, 5.74) is 0. The van der Waals surface area contributed by atoms with Crippen LogP contribution >= 0.6 is 0 Å². The highest BCUT2D eigenvalue weighted by atomic mass is 16.7. The number of hydrogen-bond donors (Lipinski definition) is 0. The third-order valence-electron chi connectivity index (χ3n) is 2.62. The average Bonchev–Trinajstić information content (AvgIpc) is 2.19. The molecule has 0 aliphatic carbocycles. The molecule has 0 spiro atoms. The number of ether oxygens (including phenoxy) is 3. The third-order valence-corrected chi connectivity index (χ3v) is 2.62. The standard InChI is InChI=1S/C11H20O4/c1-4-13-11-6-5-8(2)10(15-11)7-14-9(3)12/h8,10-11H,4-7H2,1-3H3/t8-,10+,11?/m0/s1. The van der Waals surface area contributed by atoms with E-state index in [9.17, 15) is 4.79 Å². The van der Waals surface area contributed by atoms with Crippen LogP contribution < -0.4 is 0 Å². The molecule has 0 aromatic carbocycles. The zero-order chi connectivity index (χ0) is 11.3. The van der Waals surface area contributed by atoms with Gasteiger partial charge >= 0.3 is 5.97 Å². The number of esters is 1. The average molecular weight is 216 g/mol. The lowest BCUT2D eigenvalue weighted by Gasteiger charge is -2.33. The van der Waals surface area contributed by atoms with Crippen molar-refractivity contribution in [1.29, 1.82) is 0 Å². The van der Waals surface area contributed by atoms with Gasteiger partial charge in [0.2, 0.25) is 0 Å². The molecule has 1 heterocycles. The van der Waals surface area contributed by atoms with E-state index in [2.05, 4.69) is 6.92 Å². The van der Waals surface area contributed by atoms with Gasteiger partial charge in [0.15, 0.2) is 6.29 Å². The summed E-state index contributed by atoms with van der Waals surface area (Å²) in [5, 5.41) is 0. The Hall–Kier alpha value is -0.610. The van der Waals surface area contributed by atoms with Crippen molar-refractivity contribution < 1.29 is 19.0 Å².